The van der Waals surface area contributed by atoms with Crippen LogP contribution in [0.3, 0.4) is 0 Å². The number of thioether (sulfide) groups is 1. The molecule has 0 spiro atoms. The molecule has 3 aromatic rings. The predicted molar refractivity (Wildman–Crippen MR) is 112 cm³/mol. The number of pyridine rings is 1. The molecule has 0 amide bonds. The summed E-state index contributed by atoms with van der Waals surface area (Å²) in [5.41, 5.74) is 1.66. The third-order valence-electron chi connectivity index (χ3n) is 3.68. The van der Waals surface area contributed by atoms with Crippen molar-refractivity contribution in [3.05, 3.63) is 92.6 Å². The third kappa shape index (κ3) is 5.34. The van der Waals surface area contributed by atoms with Crippen LogP contribution in [-0.2, 0) is 11.2 Å². The quantitative estimate of drug-likeness (QED) is 0.374. The van der Waals surface area contributed by atoms with E-state index in [2.05, 4.69) is 20.9 Å². The molecule has 1 heterocycles. The Morgan fingerprint density at radius 2 is 1.58 bits per heavy atom. The van der Waals surface area contributed by atoms with Gasteiger partial charge in [-0.3, -0.25) is 9.78 Å². The molecule has 0 bridgehead atoms. The van der Waals surface area contributed by atoms with Crippen LogP contribution < -0.4 is 0 Å². The fourth-order valence-corrected chi connectivity index (χ4v) is 3.95. The summed E-state index contributed by atoms with van der Waals surface area (Å²) < 4.78 is 0.887. The summed E-state index contributed by atoms with van der Waals surface area (Å²) in [5.74, 6) is 0.0853. The molecule has 132 valence electrons. The zero-order valence-electron chi connectivity index (χ0n) is 13.5. The van der Waals surface area contributed by atoms with Crippen molar-refractivity contribution < 1.29 is 4.79 Å². The largest absolute Gasteiger partial charge is 0.298 e. The molecule has 0 fully saturated rings. The van der Waals surface area contributed by atoms with Crippen molar-refractivity contribution in [3.63, 3.8) is 0 Å². The van der Waals surface area contributed by atoms with Crippen LogP contribution in [0.2, 0.25) is 10.0 Å². The minimum atomic E-state index is -0.348. The summed E-state index contributed by atoms with van der Waals surface area (Å²) in [7, 11) is 0. The fraction of sp³-hybridized carbons (Fsp3) is 0.100. The van der Waals surface area contributed by atoms with Gasteiger partial charge in [0.05, 0.1) is 11.7 Å². The fourth-order valence-electron chi connectivity index (χ4n) is 2.39. The highest BCUT2D eigenvalue weighted by Gasteiger charge is 2.22. The van der Waals surface area contributed by atoms with Crippen LogP contribution in [0.1, 0.15) is 16.5 Å². The summed E-state index contributed by atoms with van der Waals surface area (Å²) >= 11 is 16.8. The number of ketones is 1. The summed E-state index contributed by atoms with van der Waals surface area (Å²) in [6, 6.07) is 18.6. The van der Waals surface area contributed by atoms with Gasteiger partial charge in [0.25, 0.3) is 0 Å². The highest BCUT2D eigenvalue weighted by Crippen LogP contribution is 2.37. The van der Waals surface area contributed by atoms with E-state index in [-0.39, 0.29) is 17.5 Å². The van der Waals surface area contributed by atoms with Crippen molar-refractivity contribution in [2.24, 2.45) is 0 Å². The van der Waals surface area contributed by atoms with Crippen molar-refractivity contribution >= 4 is 56.7 Å². The first-order valence-electron chi connectivity index (χ1n) is 7.82. The highest BCUT2D eigenvalue weighted by molar-refractivity contribution is 9.10. The van der Waals surface area contributed by atoms with E-state index in [1.807, 2.05) is 48.5 Å². The molecule has 0 aliphatic heterocycles. The Bertz CT molecular complexity index is 883. The lowest BCUT2D eigenvalue weighted by Gasteiger charge is -2.16. The van der Waals surface area contributed by atoms with Crippen LogP contribution in [0.15, 0.2) is 76.2 Å². The second kappa shape index (κ2) is 9.05. The Morgan fingerprint density at radius 3 is 2.15 bits per heavy atom. The van der Waals surface area contributed by atoms with E-state index in [0.717, 1.165) is 20.6 Å². The lowest BCUT2D eigenvalue weighted by Crippen LogP contribution is -2.13. The Labute approximate surface area is 175 Å². The van der Waals surface area contributed by atoms with E-state index in [1.54, 1.807) is 18.3 Å². The van der Waals surface area contributed by atoms with Gasteiger partial charge in [-0.25, -0.2) is 0 Å². The number of hydrogen-bond acceptors (Lipinski definition) is 3. The maximum absolute atomic E-state index is 13.0. The van der Waals surface area contributed by atoms with Gasteiger partial charge in [0, 0.05) is 31.3 Å². The molecule has 1 atom stereocenters. The number of halogens is 3. The molecule has 2 nitrogen and oxygen atoms in total. The van der Waals surface area contributed by atoms with Crippen molar-refractivity contribution in [2.45, 2.75) is 16.6 Å². The standard InChI is InChI=1S/C20H14BrCl2NOS/c21-14-3-8-17(24-12-14)11-19(25)20(13-1-4-15(22)5-2-13)26-18-9-6-16(23)7-10-18/h1-10,12,20H,11H2. The van der Waals surface area contributed by atoms with E-state index in [0.29, 0.717) is 10.0 Å². The normalized spacial score (nSPS) is 12.0. The summed E-state index contributed by atoms with van der Waals surface area (Å²) in [5, 5.41) is 0.965. The van der Waals surface area contributed by atoms with E-state index >= 15 is 0 Å². The topological polar surface area (TPSA) is 30.0 Å². The number of benzene rings is 2. The molecule has 0 saturated carbocycles. The zero-order valence-corrected chi connectivity index (χ0v) is 17.4. The number of aromatic nitrogens is 1. The van der Waals surface area contributed by atoms with Gasteiger partial charge in [-0.1, -0.05) is 35.3 Å². The minimum Gasteiger partial charge on any atom is -0.298 e. The van der Waals surface area contributed by atoms with E-state index in [9.17, 15) is 4.79 Å². The van der Waals surface area contributed by atoms with E-state index < -0.39 is 0 Å². The molecule has 26 heavy (non-hydrogen) atoms. The summed E-state index contributed by atoms with van der Waals surface area (Å²) in [6.07, 6.45) is 1.97. The first-order chi connectivity index (χ1) is 12.5. The minimum absolute atomic E-state index is 0.0853. The average molecular weight is 467 g/mol. The third-order valence-corrected chi connectivity index (χ3v) is 5.96. The van der Waals surface area contributed by atoms with Gasteiger partial charge in [0.1, 0.15) is 0 Å². The maximum Gasteiger partial charge on any atom is 0.156 e. The summed E-state index contributed by atoms with van der Waals surface area (Å²) in [6.45, 7) is 0. The molecule has 0 saturated heterocycles. The number of carbonyl (C=O) groups is 1. The molecule has 0 aliphatic carbocycles. The molecular weight excluding hydrogens is 453 g/mol. The number of rotatable bonds is 6. The van der Waals surface area contributed by atoms with Gasteiger partial charge in [-0.2, -0.15) is 0 Å². The first-order valence-corrected chi connectivity index (χ1v) is 10.2. The second-order valence-corrected chi connectivity index (χ2v) is 8.58. The molecule has 1 unspecified atom stereocenters. The van der Waals surface area contributed by atoms with E-state index in [1.165, 1.54) is 11.8 Å². The molecule has 6 heteroatoms. The van der Waals surface area contributed by atoms with Crippen molar-refractivity contribution in [2.75, 3.05) is 0 Å². The predicted octanol–water partition coefficient (Wildman–Crippen LogP) is 6.80. The van der Waals surface area contributed by atoms with Crippen LogP contribution in [0.25, 0.3) is 0 Å². The van der Waals surface area contributed by atoms with Gasteiger partial charge < -0.3 is 0 Å². The zero-order chi connectivity index (χ0) is 18.5. The lowest BCUT2D eigenvalue weighted by atomic mass is 10.0. The Balaban J connectivity index is 1.85. The number of nitrogens with zero attached hydrogens (tertiary/aromatic N) is 1. The number of carbonyl (C=O) groups excluding carboxylic acids is 1. The Hall–Kier alpha value is -1.33. The molecule has 1 aromatic heterocycles. The molecule has 0 aliphatic rings. The van der Waals surface area contributed by atoms with Crippen LogP contribution >= 0.6 is 50.9 Å². The van der Waals surface area contributed by atoms with E-state index in [4.69, 9.17) is 23.2 Å². The van der Waals surface area contributed by atoms with Crippen LogP contribution in [-0.4, -0.2) is 10.8 Å². The molecule has 2 aromatic carbocycles. The van der Waals surface area contributed by atoms with Crippen molar-refractivity contribution in [1.82, 2.24) is 4.98 Å². The van der Waals surface area contributed by atoms with Gasteiger partial charge in [-0.05, 0) is 70.0 Å². The highest BCUT2D eigenvalue weighted by atomic mass is 79.9. The number of Topliss-reactive ketones (excluding diaryl/α,β-unsaturated/α-hetero) is 1. The average Bonchev–Trinajstić information content (AvgIpc) is 2.64. The molecule has 3 rings (SSSR count). The van der Waals surface area contributed by atoms with Gasteiger partial charge in [0.15, 0.2) is 5.78 Å². The second-order valence-electron chi connectivity index (χ2n) is 5.61. The van der Waals surface area contributed by atoms with Gasteiger partial charge >= 0.3 is 0 Å². The van der Waals surface area contributed by atoms with Crippen LogP contribution in [0, 0.1) is 0 Å². The SMILES string of the molecule is O=C(Cc1ccc(Br)cn1)C(Sc1ccc(Cl)cc1)c1ccc(Cl)cc1. The van der Waals surface area contributed by atoms with Crippen LogP contribution in [0.4, 0.5) is 0 Å². The molecule has 0 radical (unpaired) electrons. The smallest absolute Gasteiger partial charge is 0.156 e. The Morgan fingerprint density at radius 1 is 0.962 bits per heavy atom. The van der Waals surface area contributed by atoms with Crippen LogP contribution in [0.5, 0.6) is 0 Å². The van der Waals surface area contributed by atoms with Gasteiger partial charge in [-0.15, -0.1) is 11.8 Å². The molecule has 0 N–H and O–H groups in total. The first kappa shape index (κ1) is 19.4. The number of hydrogen-bond donors (Lipinski definition) is 0. The molecular formula is C20H14BrCl2NOS. The Kier molecular flexibility index (Phi) is 6.76. The van der Waals surface area contributed by atoms with Crippen molar-refractivity contribution in [3.8, 4) is 0 Å². The lowest BCUT2D eigenvalue weighted by molar-refractivity contribution is -0.118. The maximum atomic E-state index is 13.0. The van der Waals surface area contributed by atoms with Gasteiger partial charge in [0.2, 0.25) is 0 Å². The summed E-state index contributed by atoms with van der Waals surface area (Å²) in [4.78, 5) is 18.3. The van der Waals surface area contributed by atoms with Crippen molar-refractivity contribution in [1.29, 1.82) is 0 Å². The monoisotopic (exact) mass is 465 g/mol.